The van der Waals surface area contributed by atoms with Gasteiger partial charge in [-0.15, -0.1) is 0 Å². The van der Waals surface area contributed by atoms with E-state index < -0.39 is 0 Å². The summed E-state index contributed by atoms with van der Waals surface area (Å²) in [6.45, 7) is 7.64. The fourth-order valence-electron chi connectivity index (χ4n) is 3.43. The van der Waals surface area contributed by atoms with E-state index in [-0.39, 0.29) is 18.1 Å². The minimum Gasteiger partial charge on any atom is -0.381 e. The molecule has 1 unspecified atom stereocenters. The highest BCUT2D eigenvalue weighted by molar-refractivity contribution is 5.75. The molecule has 2 aliphatic rings. The molecule has 1 aromatic rings. The number of urea groups is 1. The Morgan fingerprint density at radius 1 is 1.35 bits per heavy atom. The van der Waals surface area contributed by atoms with Crippen LogP contribution in [-0.2, 0) is 15.9 Å². The third kappa shape index (κ3) is 5.17. The molecule has 1 atom stereocenters. The third-order valence-corrected chi connectivity index (χ3v) is 4.86. The van der Waals surface area contributed by atoms with Gasteiger partial charge < -0.3 is 24.2 Å². The highest BCUT2D eigenvalue weighted by atomic mass is 16.5. The fourth-order valence-corrected chi connectivity index (χ4v) is 3.43. The van der Waals surface area contributed by atoms with Crippen LogP contribution in [0.2, 0.25) is 0 Å². The number of rotatable bonds is 7. The first-order valence-electron chi connectivity index (χ1n) is 9.68. The largest absolute Gasteiger partial charge is 0.381 e. The second kappa shape index (κ2) is 9.32. The molecular formula is C18H30N4O4. The third-order valence-electron chi connectivity index (χ3n) is 4.86. The van der Waals surface area contributed by atoms with E-state index >= 15 is 0 Å². The van der Waals surface area contributed by atoms with Crippen molar-refractivity contribution in [3.63, 3.8) is 0 Å². The zero-order valence-corrected chi connectivity index (χ0v) is 15.8. The van der Waals surface area contributed by atoms with Crippen LogP contribution < -0.4 is 5.32 Å². The number of carbonyl (C=O) groups is 1. The summed E-state index contributed by atoms with van der Waals surface area (Å²) in [5, 5.41) is 6.99. The van der Waals surface area contributed by atoms with E-state index in [9.17, 15) is 4.79 Å². The summed E-state index contributed by atoms with van der Waals surface area (Å²) in [4.78, 5) is 18.6. The quantitative estimate of drug-likeness (QED) is 0.745. The Kier molecular flexibility index (Phi) is 6.85. The van der Waals surface area contributed by atoms with E-state index in [0.717, 1.165) is 52.0 Å². The van der Waals surface area contributed by atoms with E-state index in [0.29, 0.717) is 30.7 Å². The molecule has 26 heavy (non-hydrogen) atoms. The molecule has 0 aliphatic carbocycles. The van der Waals surface area contributed by atoms with E-state index in [2.05, 4.69) is 15.5 Å². The predicted octanol–water partition coefficient (Wildman–Crippen LogP) is 2.31. The van der Waals surface area contributed by atoms with Gasteiger partial charge in [0.2, 0.25) is 5.89 Å². The highest BCUT2D eigenvalue weighted by Gasteiger charge is 2.34. The average molecular weight is 366 g/mol. The number of nitrogens with one attached hydrogen (secondary N) is 1. The van der Waals surface area contributed by atoms with Crippen LogP contribution in [0.15, 0.2) is 4.52 Å². The first-order chi connectivity index (χ1) is 12.6. The fraction of sp³-hybridized carbons (Fsp3) is 0.833. The van der Waals surface area contributed by atoms with Gasteiger partial charge in [-0.3, -0.25) is 0 Å². The monoisotopic (exact) mass is 366 g/mol. The molecule has 0 aromatic carbocycles. The van der Waals surface area contributed by atoms with Crippen molar-refractivity contribution in [3.8, 4) is 0 Å². The number of aromatic nitrogens is 2. The van der Waals surface area contributed by atoms with Crippen molar-refractivity contribution in [2.75, 3.05) is 33.0 Å². The number of likely N-dealkylation sites (tertiary alicyclic amines) is 1. The summed E-state index contributed by atoms with van der Waals surface area (Å²) in [5.41, 5.74) is 0. The van der Waals surface area contributed by atoms with Gasteiger partial charge >= 0.3 is 6.03 Å². The summed E-state index contributed by atoms with van der Waals surface area (Å²) in [7, 11) is 0. The molecule has 2 aliphatic heterocycles. The van der Waals surface area contributed by atoms with Crippen molar-refractivity contribution in [2.24, 2.45) is 5.92 Å². The molecule has 3 rings (SSSR count). The van der Waals surface area contributed by atoms with Crippen LogP contribution in [-0.4, -0.2) is 60.1 Å². The molecule has 1 N–H and O–H groups in total. The summed E-state index contributed by atoms with van der Waals surface area (Å²) in [5.74, 6) is 1.76. The number of ether oxygens (including phenoxy) is 2. The van der Waals surface area contributed by atoms with Crippen LogP contribution in [0.4, 0.5) is 4.79 Å². The van der Waals surface area contributed by atoms with Gasteiger partial charge in [0.05, 0.1) is 6.61 Å². The maximum absolute atomic E-state index is 12.3. The molecule has 3 heterocycles. The van der Waals surface area contributed by atoms with E-state index in [4.69, 9.17) is 14.0 Å². The SMILES string of the molecule is CC(C)NC(=O)N1CCCC1c1nc(CCOCC2CCOCC2)no1. The van der Waals surface area contributed by atoms with E-state index in [1.165, 1.54) is 0 Å². The molecule has 2 amide bonds. The maximum Gasteiger partial charge on any atom is 0.318 e. The Hall–Kier alpha value is -1.67. The Morgan fingerprint density at radius 3 is 2.92 bits per heavy atom. The van der Waals surface area contributed by atoms with Gasteiger partial charge in [0.25, 0.3) is 0 Å². The molecular weight excluding hydrogens is 336 g/mol. The predicted molar refractivity (Wildman–Crippen MR) is 94.7 cm³/mol. The standard InChI is InChI=1S/C18H30N4O4/c1-13(2)19-18(23)22-8-3-4-15(22)17-20-16(21-26-17)7-11-25-12-14-5-9-24-10-6-14/h13-15H,3-12H2,1-2H3,(H,19,23). The Labute approximate surface area is 154 Å². The Bertz CT molecular complexity index is 571. The van der Waals surface area contributed by atoms with E-state index in [1.54, 1.807) is 4.90 Å². The Balaban J connectivity index is 1.45. The second-order valence-electron chi connectivity index (χ2n) is 7.39. The summed E-state index contributed by atoms with van der Waals surface area (Å²) < 4.78 is 16.5. The lowest BCUT2D eigenvalue weighted by Gasteiger charge is -2.23. The molecule has 146 valence electrons. The first-order valence-corrected chi connectivity index (χ1v) is 9.68. The first kappa shape index (κ1) is 19.1. The molecule has 0 saturated carbocycles. The van der Waals surface area contributed by atoms with Gasteiger partial charge in [-0.2, -0.15) is 4.98 Å². The van der Waals surface area contributed by atoms with Crippen molar-refractivity contribution < 1.29 is 18.8 Å². The molecule has 2 saturated heterocycles. The lowest BCUT2D eigenvalue weighted by molar-refractivity contribution is 0.0211. The molecule has 0 radical (unpaired) electrons. The number of hydrogen-bond donors (Lipinski definition) is 1. The van der Waals surface area contributed by atoms with Gasteiger partial charge in [-0.05, 0) is 45.4 Å². The number of amides is 2. The summed E-state index contributed by atoms with van der Waals surface area (Å²) in [6, 6.07) is -0.0879. The lowest BCUT2D eigenvalue weighted by atomic mass is 10.0. The van der Waals surface area contributed by atoms with Crippen molar-refractivity contribution >= 4 is 6.03 Å². The molecule has 8 nitrogen and oxygen atoms in total. The van der Waals surface area contributed by atoms with Crippen LogP contribution in [0.25, 0.3) is 0 Å². The zero-order chi connectivity index (χ0) is 18.4. The average Bonchev–Trinajstić information content (AvgIpc) is 3.28. The number of hydrogen-bond acceptors (Lipinski definition) is 6. The van der Waals surface area contributed by atoms with Gasteiger partial charge in [0, 0.05) is 38.8 Å². The highest BCUT2D eigenvalue weighted by Crippen LogP contribution is 2.30. The maximum atomic E-state index is 12.3. The normalized spacial score (nSPS) is 21.5. The van der Waals surface area contributed by atoms with Crippen LogP contribution in [0, 0.1) is 5.92 Å². The molecule has 0 bridgehead atoms. The van der Waals surface area contributed by atoms with Crippen LogP contribution >= 0.6 is 0 Å². The minimum absolute atomic E-state index is 0.0676. The number of nitrogens with zero attached hydrogens (tertiary/aromatic N) is 3. The Morgan fingerprint density at radius 2 is 2.15 bits per heavy atom. The molecule has 8 heteroatoms. The molecule has 0 spiro atoms. The van der Waals surface area contributed by atoms with Gasteiger partial charge in [-0.1, -0.05) is 5.16 Å². The lowest BCUT2D eigenvalue weighted by Crippen LogP contribution is -2.42. The van der Waals surface area contributed by atoms with Crippen molar-refractivity contribution in [2.45, 2.75) is 58.0 Å². The van der Waals surface area contributed by atoms with Crippen molar-refractivity contribution in [1.29, 1.82) is 0 Å². The van der Waals surface area contributed by atoms with Crippen LogP contribution in [0.1, 0.15) is 57.3 Å². The van der Waals surface area contributed by atoms with Crippen molar-refractivity contribution in [3.05, 3.63) is 11.7 Å². The van der Waals surface area contributed by atoms with Gasteiger partial charge in [0.15, 0.2) is 5.82 Å². The summed E-state index contributed by atoms with van der Waals surface area (Å²) >= 11 is 0. The molecule has 1 aromatic heterocycles. The molecule has 2 fully saturated rings. The van der Waals surface area contributed by atoms with Gasteiger partial charge in [-0.25, -0.2) is 4.79 Å². The van der Waals surface area contributed by atoms with E-state index in [1.807, 2.05) is 13.8 Å². The van der Waals surface area contributed by atoms with Crippen molar-refractivity contribution in [1.82, 2.24) is 20.4 Å². The van der Waals surface area contributed by atoms with Crippen LogP contribution in [0.5, 0.6) is 0 Å². The topological polar surface area (TPSA) is 89.7 Å². The smallest absolute Gasteiger partial charge is 0.318 e. The minimum atomic E-state index is -0.127. The van der Waals surface area contributed by atoms with Crippen LogP contribution in [0.3, 0.4) is 0 Å². The number of carbonyl (C=O) groups excluding carboxylic acids is 1. The van der Waals surface area contributed by atoms with Gasteiger partial charge in [0.1, 0.15) is 6.04 Å². The zero-order valence-electron chi connectivity index (χ0n) is 15.8. The summed E-state index contributed by atoms with van der Waals surface area (Å²) in [6.07, 6.45) is 4.57. The second-order valence-corrected chi connectivity index (χ2v) is 7.39.